The van der Waals surface area contributed by atoms with Crippen LogP contribution < -0.4 is 10.6 Å². The van der Waals surface area contributed by atoms with Crippen molar-refractivity contribution in [2.45, 2.75) is 45.8 Å². The first kappa shape index (κ1) is 14.9. The van der Waals surface area contributed by atoms with Crippen molar-refractivity contribution in [2.75, 3.05) is 26.2 Å². The van der Waals surface area contributed by atoms with Crippen LogP contribution in [0.4, 0.5) is 0 Å². The summed E-state index contributed by atoms with van der Waals surface area (Å²) in [6.45, 7) is 10.2. The maximum Gasteiger partial charge on any atom is 0.0900 e. The van der Waals surface area contributed by atoms with E-state index in [0.29, 0.717) is 12.1 Å². The van der Waals surface area contributed by atoms with Gasteiger partial charge in [-0.15, -0.1) is 11.3 Å². The molecule has 1 atom stereocenters. The van der Waals surface area contributed by atoms with Gasteiger partial charge in [0, 0.05) is 17.5 Å². The van der Waals surface area contributed by atoms with Crippen molar-refractivity contribution in [3.8, 4) is 0 Å². The molecule has 4 nitrogen and oxygen atoms in total. The number of hydrogen-bond donors (Lipinski definition) is 2. The number of nitrogens with one attached hydrogen (secondary N) is 2. The first-order chi connectivity index (χ1) is 9.16. The molecule has 0 bridgehead atoms. The van der Waals surface area contributed by atoms with Crippen LogP contribution >= 0.6 is 11.3 Å². The van der Waals surface area contributed by atoms with Crippen molar-refractivity contribution in [1.29, 1.82) is 0 Å². The van der Waals surface area contributed by atoms with E-state index in [2.05, 4.69) is 36.4 Å². The lowest BCUT2D eigenvalue weighted by atomic mass is 10.1. The summed E-state index contributed by atoms with van der Waals surface area (Å²) in [6.07, 6.45) is 2.73. The van der Waals surface area contributed by atoms with E-state index in [-0.39, 0.29) is 0 Å². The minimum Gasteiger partial charge on any atom is -0.377 e. The maximum absolute atomic E-state index is 5.89. The molecule has 0 saturated carbocycles. The summed E-state index contributed by atoms with van der Waals surface area (Å²) in [4.78, 5) is 5.82. The molecule has 19 heavy (non-hydrogen) atoms. The van der Waals surface area contributed by atoms with Crippen molar-refractivity contribution in [3.05, 3.63) is 15.6 Å². The van der Waals surface area contributed by atoms with Crippen LogP contribution in [0, 0.1) is 13.8 Å². The van der Waals surface area contributed by atoms with Crippen LogP contribution in [-0.4, -0.2) is 37.3 Å². The summed E-state index contributed by atoms with van der Waals surface area (Å²) in [5.74, 6) is 0. The predicted molar refractivity (Wildman–Crippen MR) is 79.8 cm³/mol. The van der Waals surface area contributed by atoms with E-state index in [1.165, 1.54) is 4.88 Å². The number of aryl methyl sites for hydroxylation is 2. The second kappa shape index (κ2) is 7.33. The van der Waals surface area contributed by atoms with Gasteiger partial charge in [0.05, 0.1) is 23.4 Å². The third-order valence-corrected chi connectivity index (χ3v) is 4.78. The van der Waals surface area contributed by atoms with E-state index < -0.39 is 0 Å². The summed E-state index contributed by atoms with van der Waals surface area (Å²) in [5.41, 5.74) is 1.15. The molecule has 0 amide bonds. The van der Waals surface area contributed by atoms with Gasteiger partial charge in [0.2, 0.25) is 0 Å². The lowest BCUT2D eigenvalue weighted by Crippen LogP contribution is -2.34. The third kappa shape index (κ3) is 4.53. The van der Waals surface area contributed by atoms with Crippen LogP contribution in [0.2, 0.25) is 0 Å². The summed E-state index contributed by atoms with van der Waals surface area (Å²) in [7, 11) is 0. The summed E-state index contributed by atoms with van der Waals surface area (Å²) < 4.78 is 5.89. The number of rotatable bonds is 6. The lowest BCUT2D eigenvalue weighted by molar-refractivity contribution is 0.0340. The average molecular weight is 283 g/mol. The molecule has 2 rings (SSSR count). The van der Waals surface area contributed by atoms with Crippen LogP contribution in [0.5, 0.6) is 0 Å². The number of piperidine rings is 1. The van der Waals surface area contributed by atoms with E-state index in [1.807, 2.05) is 0 Å². The molecule has 0 aromatic carbocycles. The smallest absolute Gasteiger partial charge is 0.0900 e. The molecule has 1 aliphatic heterocycles. The molecule has 0 spiro atoms. The molecule has 5 heteroatoms. The van der Waals surface area contributed by atoms with Gasteiger partial charge in [0.15, 0.2) is 0 Å². The quantitative estimate of drug-likeness (QED) is 0.786. The molecule has 0 aliphatic carbocycles. The highest BCUT2D eigenvalue weighted by Gasteiger charge is 2.14. The highest BCUT2D eigenvalue weighted by atomic mass is 32.1. The van der Waals surface area contributed by atoms with Gasteiger partial charge in [-0.1, -0.05) is 0 Å². The van der Waals surface area contributed by atoms with Gasteiger partial charge in [-0.05, 0) is 46.7 Å². The molecule has 1 fully saturated rings. The molecule has 1 unspecified atom stereocenters. The third-order valence-electron chi connectivity index (χ3n) is 3.53. The SMILES string of the molecule is Cc1nc(C)c(C(C)NCCOC2CCNCC2)s1. The van der Waals surface area contributed by atoms with E-state index in [1.54, 1.807) is 11.3 Å². The van der Waals surface area contributed by atoms with E-state index in [4.69, 9.17) is 4.74 Å². The Bertz CT molecular complexity index is 388. The normalized spacial score (nSPS) is 18.7. The summed E-state index contributed by atoms with van der Waals surface area (Å²) in [5, 5.41) is 8.02. The maximum atomic E-state index is 5.89. The summed E-state index contributed by atoms with van der Waals surface area (Å²) in [6, 6.07) is 0.364. The largest absolute Gasteiger partial charge is 0.377 e. The zero-order valence-electron chi connectivity index (χ0n) is 12.2. The van der Waals surface area contributed by atoms with Gasteiger partial charge in [0.25, 0.3) is 0 Å². The van der Waals surface area contributed by atoms with Crippen molar-refractivity contribution in [2.24, 2.45) is 0 Å². The first-order valence-corrected chi connectivity index (χ1v) is 7.98. The number of hydrogen-bond acceptors (Lipinski definition) is 5. The zero-order valence-corrected chi connectivity index (χ0v) is 13.0. The van der Waals surface area contributed by atoms with Gasteiger partial charge in [-0.2, -0.15) is 0 Å². The van der Waals surface area contributed by atoms with Crippen LogP contribution in [-0.2, 0) is 4.74 Å². The van der Waals surface area contributed by atoms with Crippen molar-refractivity contribution >= 4 is 11.3 Å². The average Bonchev–Trinajstić information content (AvgIpc) is 2.75. The van der Waals surface area contributed by atoms with Gasteiger partial charge in [0.1, 0.15) is 0 Å². The fourth-order valence-electron chi connectivity index (χ4n) is 2.50. The number of aromatic nitrogens is 1. The highest BCUT2D eigenvalue weighted by molar-refractivity contribution is 7.11. The van der Waals surface area contributed by atoms with Gasteiger partial charge >= 0.3 is 0 Å². The molecule has 0 radical (unpaired) electrons. The molecule has 1 aliphatic rings. The molecule has 2 N–H and O–H groups in total. The molecular weight excluding hydrogens is 258 g/mol. The molecule has 108 valence electrons. The van der Waals surface area contributed by atoms with Crippen molar-refractivity contribution in [1.82, 2.24) is 15.6 Å². The van der Waals surface area contributed by atoms with E-state index >= 15 is 0 Å². The Balaban J connectivity index is 1.66. The molecule has 1 aromatic heterocycles. The summed E-state index contributed by atoms with van der Waals surface area (Å²) >= 11 is 1.79. The standard InChI is InChI=1S/C14H25N3OS/c1-10(14-11(2)17-12(3)19-14)16-8-9-18-13-4-6-15-7-5-13/h10,13,15-16H,4-9H2,1-3H3. The van der Waals surface area contributed by atoms with Crippen LogP contribution in [0.1, 0.15) is 41.4 Å². The van der Waals surface area contributed by atoms with Crippen LogP contribution in [0.15, 0.2) is 0 Å². The van der Waals surface area contributed by atoms with E-state index in [9.17, 15) is 0 Å². The monoisotopic (exact) mass is 283 g/mol. The van der Waals surface area contributed by atoms with Gasteiger partial charge < -0.3 is 15.4 Å². The fraction of sp³-hybridized carbons (Fsp3) is 0.786. The van der Waals surface area contributed by atoms with Crippen molar-refractivity contribution < 1.29 is 4.74 Å². The fourth-order valence-corrected chi connectivity index (χ4v) is 3.46. The van der Waals surface area contributed by atoms with Crippen molar-refractivity contribution in [3.63, 3.8) is 0 Å². The Morgan fingerprint density at radius 1 is 1.42 bits per heavy atom. The molecule has 1 aromatic rings. The molecule has 2 heterocycles. The number of nitrogens with zero attached hydrogens (tertiary/aromatic N) is 1. The number of ether oxygens (including phenoxy) is 1. The topological polar surface area (TPSA) is 46.2 Å². The Labute approximate surface area is 120 Å². The second-order valence-electron chi connectivity index (χ2n) is 5.18. The Kier molecular flexibility index (Phi) is 5.76. The highest BCUT2D eigenvalue weighted by Crippen LogP contribution is 2.24. The molecule has 1 saturated heterocycles. The van der Waals surface area contributed by atoms with Crippen LogP contribution in [0.25, 0.3) is 0 Å². The van der Waals surface area contributed by atoms with Gasteiger partial charge in [-0.3, -0.25) is 0 Å². The zero-order chi connectivity index (χ0) is 13.7. The minimum atomic E-state index is 0.364. The van der Waals surface area contributed by atoms with Crippen LogP contribution in [0.3, 0.4) is 0 Å². The molecular formula is C14H25N3OS. The second-order valence-corrected chi connectivity index (χ2v) is 6.41. The first-order valence-electron chi connectivity index (χ1n) is 7.16. The Morgan fingerprint density at radius 3 is 2.79 bits per heavy atom. The van der Waals surface area contributed by atoms with E-state index in [0.717, 1.165) is 49.8 Å². The minimum absolute atomic E-state index is 0.364. The Morgan fingerprint density at radius 2 is 2.16 bits per heavy atom. The number of thiazole rings is 1. The lowest BCUT2D eigenvalue weighted by Gasteiger charge is -2.23. The predicted octanol–water partition coefficient (Wildman–Crippen LogP) is 2.18. The van der Waals surface area contributed by atoms with Gasteiger partial charge in [-0.25, -0.2) is 4.98 Å². The Hall–Kier alpha value is -0.490.